The van der Waals surface area contributed by atoms with Gasteiger partial charge in [-0.3, -0.25) is 9.59 Å². The summed E-state index contributed by atoms with van der Waals surface area (Å²) in [6, 6.07) is 5.25. The Morgan fingerprint density at radius 2 is 2.03 bits per heavy atom. The van der Waals surface area contributed by atoms with Gasteiger partial charge in [-0.1, -0.05) is 11.8 Å². The highest BCUT2D eigenvalue weighted by Gasteiger charge is 2.26. The number of ether oxygens (including phenoxy) is 2. The van der Waals surface area contributed by atoms with E-state index >= 15 is 0 Å². The maximum atomic E-state index is 12.4. The first-order chi connectivity index (χ1) is 15.0. The molecule has 31 heavy (non-hydrogen) atoms. The number of aromatic nitrogens is 2. The molecular formula is C20H20N4O5S2. The lowest BCUT2D eigenvalue weighted by Crippen LogP contribution is -2.18. The van der Waals surface area contributed by atoms with E-state index in [1.165, 1.54) is 11.3 Å². The van der Waals surface area contributed by atoms with Gasteiger partial charge in [-0.25, -0.2) is 0 Å². The normalized spacial score (nSPS) is 12.5. The number of thiophene rings is 1. The monoisotopic (exact) mass is 460 g/mol. The molecule has 0 unspecified atom stereocenters. The van der Waals surface area contributed by atoms with E-state index in [4.69, 9.17) is 19.6 Å². The lowest BCUT2D eigenvalue weighted by molar-refractivity contribution is -0.113. The van der Waals surface area contributed by atoms with Crippen molar-refractivity contribution in [3.63, 3.8) is 0 Å². The Morgan fingerprint density at radius 1 is 1.23 bits per heavy atom. The fourth-order valence-electron chi connectivity index (χ4n) is 3.40. The van der Waals surface area contributed by atoms with Crippen molar-refractivity contribution in [3.8, 4) is 23.0 Å². The predicted octanol–water partition coefficient (Wildman–Crippen LogP) is 3.13. The number of fused-ring (bicyclic) bond motifs is 1. The number of primary amides is 1. The maximum Gasteiger partial charge on any atom is 0.277 e. The largest absolute Gasteiger partial charge is 0.493 e. The lowest BCUT2D eigenvalue weighted by atomic mass is 10.1. The molecule has 11 heteroatoms. The summed E-state index contributed by atoms with van der Waals surface area (Å²) in [4.78, 5) is 25.4. The van der Waals surface area contributed by atoms with E-state index in [1.54, 1.807) is 32.4 Å². The number of nitrogens with two attached hydrogens (primary N) is 1. The SMILES string of the molecule is COc1ccc(-c2nnc(SCC(=O)Nc3sc4c(c3C(N)=O)CCC4)o2)cc1OC. The van der Waals surface area contributed by atoms with Crippen molar-refractivity contribution in [1.82, 2.24) is 10.2 Å². The number of nitrogens with zero attached hydrogens (tertiary/aromatic N) is 2. The molecule has 0 fully saturated rings. The van der Waals surface area contributed by atoms with Crippen LogP contribution in [0.4, 0.5) is 5.00 Å². The minimum Gasteiger partial charge on any atom is -0.493 e. The van der Waals surface area contributed by atoms with E-state index in [0.717, 1.165) is 41.5 Å². The molecule has 0 bridgehead atoms. The zero-order valence-electron chi connectivity index (χ0n) is 16.9. The van der Waals surface area contributed by atoms with Gasteiger partial charge in [-0.15, -0.1) is 21.5 Å². The van der Waals surface area contributed by atoms with Crippen molar-refractivity contribution in [2.45, 2.75) is 24.5 Å². The third-order valence-corrected chi connectivity index (χ3v) is 6.81. The topological polar surface area (TPSA) is 130 Å². The fourth-order valence-corrected chi connectivity index (χ4v) is 5.27. The van der Waals surface area contributed by atoms with E-state index in [-0.39, 0.29) is 16.9 Å². The van der Waals surface area contributed by atoms with Gasteiger partial charge in [0.15, 0.2) is 11.5 Å². The summed E-state index contributed by atoms with van der Waals surface area (Å²) in [6.07, 6.45) is 2.73. The molecule has 2 aromatic heterocycles. The van der Waals surface area contributed by atoms with E-state index in [1.807, 2.05) is 0 Å². The van der Waals surface area contributed by atoms with Gasteiger partial charge in [0, 0.05) is 10.4 Å². The minimum atomic E-state index is -0.515. The third-order valence-electron chi connectivity index (χ3n) is 4.78. The molecule has 0 saturated heterocycles. The van der Waals surface area contributed by atoms with Gasteiger partial charge in [-0.05, 0) is 43.0 Å². The van der Waals surface area contributed by atoms with Crippen LogP contribution in [0.15, 0.2) is 27.8 Å². The third kappa shape index (κ3) is 4.37. The molecule has 4 rings (SSSR count). The number of aryl methyl sites for hydroxylation is 1. The number of anilines is 1. The number of methoxy groups -OCH3 is 2. The van der Waals surface area contributed by atoms with Crippen LogP contribution in [0.1, 0.15) is 27.2 Å². The van der Waals surface area contributed by atoms with E-state index in [2.05, 4.69) is 15.5 Å². The molecule has 2 amide bonds. The van der Waals surface area contributed by atoms with Crippen molar-refractivity contribution in [3.05, 3.63) is 34.2 Å². The van der Waals surface area contributed by atoms with Crippen molar-refractivity contribution < 1.29 is 23.5 Å². The zero-order chi connectivity index (χ0) is 22.0. The van der Waals surface area contributed by atoms with Gasteiger partial charge in [0.05, 0.1) is 25.5 Å². The zero-order valence-corrected chi connectivity index (χ0v) is 18.5. The Balaban J connectivity index is 1.40. The quantitative estimate of drug-likeness (QED) is 0.491. The van der Waals surface area contributed by atoms with Crippen LogP contribution in [0.3, 0.4) is 0 Å². The molecular weight excluding hydrogens is 440 g/mol. The van der Waals surface area contributed by atoms with E-state index in [9.17, 15) is 9.59 Å². The van der Waals surface area contributed by atoms with Gasteiger partial charge in [0.25, 0.3) is 11.1 Å². The van der Waals surface area contributed by atoms with Crippen LogP contribution in [-0.2, 0) is 17.6 Å². The molecule has 3 aromatic rings. The summed E-state index contributed by atoms with van der Waals surface area (Å²) in [7, 11) is 3.10. The van der Waals surface area contributed by atoms with Crippen LogP contribution in [-0.4, -0.2) is 42.0 Å². The molecule has 0 atom stereocenters. The Labute approximate surface area is 186 Å². The average Bonchev–Trinajstić information content (AvgIpc) is 3.47. The summed E-state index contributed by atoms with van der Waals surface area (Å²) < 4.78 is 16.2. The number of hydrogen-bond acceptors (Lipinski definition) is 9. The van der Waals surface area contributed by atoms with Crippen LogP contribution in [0.25, 0.3) is 11.5 Å². The molecule has 1 aliphatic carbocycles. The Bertz CT molecular complexity index is 1140. The number of rotatable bonds is 8. The van der Waals surface area contributed by atoms with Crippen LogP contribution < -0.4 is 20.5 Å². The van der Waals surface area contributed by atoms with Crippen molar-refractivity contribution >= 4 is 39.9 Å². The van der Waals surface area contributed by atoms with E-state index in [0.29, 0.717) is 33.5 Å². The number of carbonyl (C=O) groups is 2. The predicted molar refractivity (Wildman–Crippen MR) is 117 cm³/mol. The van der Waals surface area contributed by atoms with Crippen LogP contribution in [0.2, 0.25) is 0 Å². The van der Waals surface area contributed by atoms with Crippen molar-refractivity contribution in [2.24, 2.45) is 5.73 Å². The second-order valence-electron chi connectivity index (χ2n) is 6.71. The van der Waals surface area contributed by atoms with Gasteiger partial charge in [-0.2, -0.15) is 0 Å². The molecule has 3 N–H and O–H groups in total. The van der Waals surface area contributed by atoms with Crippen LogP contribution in [0, 0.1) is 0 Å². The number of amides is 2. The number of thioether (sulfide) groups is 1. The Hall–Kier alpha value is -3.05. The Morgan fingerprint density at radius 3 is 2.77 bits per heavy atom. The lowest BCUT2D eigenvalue weighted by Gasteiger charge is -2.07. The van der Waals surface area contributed by atoms with E-state index < -0.39 is 5.91 Å². The molecule has 9 nitrogen and oxygen atoms in total. The summed E-state index contributed by atoms with van der Waals surface area (Å²) in [5.41, 5.74) is 7.60. The summed E-state index contributed by atoms with van der Waals surface area (Å²) in [6.45, 7) is 0. The molecule has 1 aromatic carbocycles. The second-order valence-corrected chi connectivity index (χ2v) is 8.74. The van der Waals surface area contributed by atoms with Gasteiger partial charge in [0.2, 0.25) is 11.8 Å². The minimum absolute atomic E-state index is 0.0499. The molecule has 1 aliphatic rings. The van der Waals surface area contributed by atoms with Crippen molar-refractivity contribution in [1.29, 1.82) is 0 Å². The first-order valence-electron chi connectivity index (χ1n) is 9.43. The molecule has 0 spiro atoms. The molecule has 0 saturated carbocycles. The highest BCUT2D eigenvalue weighted by atomic mass is 32.2. The van der Waals surface area contributed by atoms with Crippen LogP contribution in [0.5, 0.6) is 11.5 Å². The smallest absolute Gasteiger partial charge is 0.277 e. The molecule has 0 radical (unpaired) electrons. The van der Waals surface area contributed by atoms with Gasteiger partial charge >= 0.3 is 0 Å². The first-order valence-corrected chi connectivity index (χ1v) is 11.2. The molecule has 2 heterocycles. The number of carbonyl (C=O) groups excluding carboxylic acids is 2. The average molecular weight is 461 g/mol. The number of benzene rings is 1. The van der Waals surface area contributed by atoms with Gasteiger partial charge < -0.3 is 24.9 Å². The standard InChI is InChI=1S/C20H20N4O5S2/c1-27-12-7-6-10(8-13(12)28-2)18-23-24-20(29-18)30-9-15(25)22-19-16(17(21)26)11-4-3-5-14(11)31-19/h6-8H,3-5,9H2,1-2H3,(H2,21,26)(H,22,25). The summed E-state index contributed by atoms with van der Waals surface area (Å²) in [5.74, 6) is 0.687. The van der Waals surface area contributed by atoms with Crippen LogP contribution >= 0.6 is 23.1 Å². The molecule has 0 aliphatic heterocycles. The molecule has 162 valence electrons. The Kier molecular flexibility index (Phi) is 6.14. The highest BCUT2D eigenvalue weighted by molar-refractivity contribution is 7.99. The van der Waals surface area contributed by atoms with Crippen molar-refractivity contribution in [2.75, 3.05) is 25.3 Å². The summed E-state index contributed by atoms with van der Waals surface area (Å²) in [5, 5.41) is 11.6. The second kappa shape index (κ2) is 8.98. The van der Waals surface area contributed by atoms with Gasteiger partial charge in [0.1, 0.15) is 5.00 Å². The number of nitrogens with one attached hydrogen (secondary N) is 1. The highest BCUT2D eigenvalue weighted by Crippen LogP contribution is 2.39. The maximum absolute atomic E-state index is 12.4. The first kappa shape index (κ1) is 21.2. The number of hydrogen-bond donors (Lipinski definition) is 2. The fraction of sp³-hybridized carbons (Fsp3) is 0.300. The summed E-state index contributed by atoms with van der Waals surface area (Å²) >= 11 is 2.53.